The molecule has 1 saturated heterocycles. The number of hydrogen-bond donors (Lipinski definition) is 0. The van der Waals surface area contributed by atoms with Crippen LogP contribution in [0.4, 0.5) is 0 Å². The molecule has 1 saturated carbocycles. The lowest BCUT2D eigenvalue weighted by atomic mass is 9.82. The van der Waals surface area contributed by atoms with Crippen LogP contribution in [-0.2, 0) is 39.4 Å². The molecule has 8 heteroatoms. The van der Waals surface area contributed by atoms with Gasteiger partial charge < -0.3 is 14.2 Å². The van der Waals surface area contributed by atoms with Crippen LogP contribution >= 0.6 is 0 Å². The lowest BCUT2D eigenvalue weighted by Crippen LogP contribution is -2.46. The van der Waals surface area contributed by atoms with Crippen LogP contribution in [0.15, 0.2) is 41.3 Å². The average Bonchev–Trinajstić information content (AvgIpc) is 3.20. The summed E-state index contributed by atoms with van der Waals surface area (Å²) in [5.74, 6) is -2.34. The summed E-state index contributed by atoms with van der Waals surface area (Å²) in [6.45, 7) is 5.43. The van der Waals surface area contributed by atoms with Crippen LogP contribution in [0.25, 0.3) is 0 Å². The molecule has 1 aromatic carbocycles. The van der Waals surface area contributed by atoms with Gasteiger partial charge in [0.1, 0.15) is 5.60 Å². The first-order valence-electron chi connectivity index (χ1n) is 10.5. The molecular formula is C23H26O7S. The number of esters is 2. The van der Waals surface area contributed by atoms with Gasteiger partial charge in [-0.1, -0.05) is 23.8 Å². The van der Waals surface area contributed by atoms with Crippen LogP contribution in [-0.4, -0.2) is 52.1 Å². The number of ketones is 1. The van der Waals surface area contributed by atoms with E-state index in [4.69, 9.17) is 14.2 Å². The highest BCUT2D eigenvalue weighted by atomic mass is 32.2. The maximum Gasteiger partial charge on any atom is 0.323 e. The number of carbonyl (C=O) groups is 3. The molecule has 2 fully saturated rings. The van der Waals surface area contributed by atoms with Crippen molar-refractivity contribution in [2.45, 2.75) is 55.5 Å². The first-order chi connectivity index (χ1) is 14.8. The summed E-state index contributed by atoms with van der Waals surface area (Å²) in [5, 5.41) is -0.573. The number of hydrogen-bond acceptors (Lipinski definition) is 7. The van der Waals surface area contributed by atoms with Gasteiger partial charge in [0, 0.05) is 17.2 Å². The molecule has 0 radical (unpaired) electrons. The summed E-state index contributed by atoms with van der Waals surface area (Å²) in [6.07, 6.45) is 2.37. The van der Waals surface area contributed by atoms with E-state index < -0.39 is 51.0 Å². The molecule has 4 rings (SSSR count). The zero-order chi connectivity index (χ0) is 22.4. The van der Waals surface area contributed by atoms with Gasteiger partial charge in [-0.25, -0.2) is 0 Å². The summed E-state index contributed by atoms with van der Waals surface area (Å²) in [7, 11) is -1.51. The lowest BCUT2D eigenvalue weighted by Gasteiger charge is -2.31. The molecule has 0 amide bonds. The van der Waals surface area contributed by atoms with Crippen LogP contribution in [0.1, 0.15) is 32.3 Å². The highest BCUT2D eigenvalue weighted by Crippen LogP contribution is 2.60. The number of carbonyl (C=O) groups excluding carboxylic acids is 3. The lowest BCUT2D eigenvalue weighted by molar-refractivity contribution is -0.174. The predicted molar refractivity (Wildman–Crippen MR) is 112 cm³/mol. The molecule has 5 atom stereocenters. The van der Waals surface area contributed by atoms with Gasteiger partial charge in [0.2, 0.25) is 0 Å². The van der Waals surface area contributed by atoms with Crippen LogP contribution in [0.2, 0.25) is 0 Å². The van der Waals surface area contributed by atoms with E-state index in [0.717, 1.165) is 5.56 Å². The van der Waals surface area contributed by atoms with Gasteiger partial charge in [0.05, 0.1) is 35.4 Å². The molecule has 3 aliphatic rings. The van der Waals surface area contributed by atoms with Gasteiger partial charge in [0.25, 0.3) is 0 Å². The van der Waals surface area contributed by atoms with Crippen molar-refractivity contribution in [3.63, 3.8) is 0 Å². The van der Waals surface area contributed by atoms with E-state index in [9.17, 15) is 18.6 Å². The Labute approximate surface area is 183 Å². The van der Waals surface area contributed by atoms with Crippen molar-refractivity contribution >= 4 is 28.5 Å². The van der Waals surface area contributed by atoms with Crippen molar-refractivity contribution in [1.29, 1.82) is 0 Å². The fourth-order valence-electron chi connectivity index (χ4n) is 5.07. The number of fused-ring (bicyclic) bond motifs is 1. The Balaban J connectivity index is 1.77. The normalized spacial score (nSPS) is 31.2. The summed E-state index contributed by atoms with van der Waals surface area (Å²) in [5.41, 5.74) is -2.00. The van der Waals surface area contributed by atoms with Crippen molar-refractivity contribution in [2.75, 3.05) is 13.2 Å². The van der Waals surface area contributed by atoms with Gasteiger partial charge in [-0.05, 0) is 45.4 Å². The number of rotatable bonds is 6. The fraction of sp³-hybridized carbons (Fsp3) is 0.522. The largest absolute Gasteiger partial charge is 0.465 e. The first-order valence-corrected chi connectivity index (χ1v) is 11.7. The van der Waals surface area contributed by atoms with Crippen molar-refractivity contribution in [1.82, 2.24) is 0 Å². The quantitative estimate of drug-likeness (QED) is 0.489. The van der Waals surface area contributed by atoms with E-state index in [2.05, 4.69) is 0 Å². The Bertz CT molecular complexity index is 949. The van der Waals surface area contributed by atoms with Gasteiger partial charge >= 0.3 is 11.9 Å². The summed E-state index contributed by atoms with van der Waals surface area (Å²) in [6, 6.07) is 7.35. The van der Waals surface area contributed by atoms with Crippen LogP contribution < -0.4 is 0 Å². The standard InChI is InChI=1S/C23H26O7S/c1-4-28-20(25)22(21(26)29-5-2)12-16-19(31(27)15-8-6-14(3)7-9-15)17-10-11-18(24)23(16,13-22)30-17/h6-11,16-17,19H,4-5,12-13H2,1-3H3/t16-,17+,19-,23-,31-/m0/s1. The second kappa shape index (κ2) is 7.98. The molecule has 0 aromatic heterocycles. The zero-order valence-corrected chi connectivity index (χ0v) is 18.6. The van der Waals surface area contributed by atoms with Crippen LogP contribution in [0, 0.1) is 18.3 Å². The molecule has 2 heterocycles. The molecular weight excluding hydrogens is 420 g/mol. The molecule has 0 unspecified atom stereocenters. The minimum atomic E-state index is -1.65. The van der Waals surface area contributed by atoms with Crippen molar-refractivity contribution in [3.05, 3.63) is 42.0 Å². The van der Waals surface area contributed by atoms with E-state index in [-0.39, 0.29) is 31.8 Å². The smallest absolute Gasteiger partial charge is 0.323 e. The van der Waals surface area contributed by atoms with E-state index in [0.29, 0.717) is 4.90 Å². The minimum absolute atomic E-state index is 0.00312. The van der Waals surface area contributed by atoms with Gasteiger partial charge in [-0.2, -0.15) is 0 Å². The third kappa shape index (κ3) is 3.27. The molecule has 1 aromatic rings. The zero-order valence-electron chi connectivity index (χ0n) is 17.8. The molecule has 1 spiro atoms. The highest BCUT2D eigenvalue weighted by Gasteiger charge is 2.73. The van der Waals surface area contributed by atoms with Gasteiger partial charge in [-0.15, -0.1) is 0 Å². The van der Waals surface area contributed by atoms with Crippen molar-refractivity contribution < 1.29 is 32.8 Å². The third-order valence-electron chi connectivity index (χ3n) is 6.49. The van der Waals surface area contributed by atoms with E-state index in [1.165, 1.54) is 6.08 Å². The van der Waals surface area contributed by atoms with E-state index in [1.54, 1.807) is 32.1 Å². The maximum atomic E-state index is 13.6. The van der Waals surface area contributed by atoms with E-state index in [1.807, 2.05) is 19.1 Å². The number of aryl methyl sites for hydroxylation is 1. The Kier molecular flexibility index (Phi) is 5.64. The molecule has 2 bridgehead atoms. The van der Waals surface area contributed by atoms with Crippen LogP contribution in [0.5, 0.6) is 0 Å². The molecule has 1 aliphatic carbocycles. The van der Waals surface area contributed by atoms with Crippen molar-refractivity contribution in [2.24, 2.45) is 11.3 Å². The fourth-order valence-corrected chi connectivity index (χ4v) is 6.80. The first kappa shape index (κ1) is 21.9. The Morgan fingerprint density at radius 2 is 1.74 bits per heavy atom. The minimum Gasteiger partial charge on any atom is -0.465 e. The second-order valence-electron chi connectivity index (χ2n) is 8.28. The molecule has 7 nitrogen and oxygen atoms in total. The summed E-state index contributed by atoms with van der Waals surface area (Å²) in [4.78, 5) is 39.6. The summed E-state index contributed by atoms with van der Waals surface area (Å²) < 4.78 is 30.2. The van der Waals surface area contributed by atoms with Gasteiger partial charge in [-0.3, -0.25) is 18.6 Å². The van der Waals surface area contributed by atoms with Crippen molar-refractivity contribution in [3.8, 4) is 0 Å². The predicted octanol–water partition coefficient (Wildman–Crippen LogP) is 2.27. The Morgan fingerprint density at radius 3 is 2.32 bits per heavy atom. The Morgan fingerprint density at radius 1 is 1.13 bits per heavy atom. The van der Waals surface area contributed by atoms with Gasteiger partial charge in [0.15, 0.2) is 11.2 Å². The maximum absolute atomic E-state index is 13.6. The molecule has 0 N–H and O–H groups in total. The monoisotopic (exact) mass is 446 g/mol. The molecule has 2 aliphatic heterocycles. The second-order valence-corrected chi connectivity index (χ2v) is 9.89. The number of ether oxygens (including phenoxy) is 3. The number of benzene rings is 1. The SMILES string of the molecule is CCOC(=O)C1(C(=O)OCC)C[C@H]2[C@H]([S@@](=O)c3ccc(C)cc3)[C@H]3C=CC(=O)[C@@]2(C1)O3. The topological polar surface area (TPSA) is 96.0 Å². The summed E-state index contributed by atoms with van der Waals surface area (Å²) >= 11 is 0. The highest BCUT2D eigenvalue weighted by molar-refractivity contribution is 7.85. The van der Waals surface area contributed by atoms with Crippen LogP contribution in [0.3, 0.4) is 0 Å². The molecule has 166 valence electrons. The molecule has 31 heavy (non-hydrogen) atoms. The Hall–Kier alpha value is -2.32. The third-order valence-corrected chi connectivity index (χ3v) is 8.31. The average molecular weight is 447 g/mol. The van der Waals surface area contributed by atoms with E-state index >= 15 is 0 Å².